The van der Waals surface area contributed by atoms with Crippen molar-refractivity contribution in [3.8, 4) is 0 Å². The van der Waals surface area contributed by atoms with E-state index in [-0.39, 0.29) is 5.91 Å². The zero-order valence-electron chi connectivity index (χ0n) is 10.9. The number of benzene rings is 2. The third kappa shape index (κ3) is 3.41. The van der Waals surface area contributed by atoms with E-state index in [1.54, 1.807) is 18.0 Å². The number of anilines is 1. The number of nitrogen functional groups attached to an aromatic ring is 1. The lowest BCUT2D eigenvalue weighted by Crippen LogP contribution is -2.26. The highest BCUT2D eigenvalue weighted by molar-refractivity contribution is 9.11. The van der Waals surface area contributed by atoms with Gasteiger partial charge in [0.25, 0.3) is 5.91 Å². The van der Waals surface area contributed by atoms with E-state index in [1.807, 2.05) is 36.4 Å². The molecule has 0 radical (unpaired) electrons. The monoisotopic (exact) mass is 396 g/mol. The fourth-order valence-electron chi connectivity index (χ4n) is 1.87. The minimum Gasteiger partial charge on any atom is -0.398 e. The number of rotatable bonds is 3. The molecule has 0 atom stereocenters. The summed E-state index contributed by atoms with van der Waals surface area (Å²) in [5, 5.41) is 0. The Morgan fingerprint density at radius 1 is 1.20 bits per heavy atom. The second kappa shape index (κ2) is 6.41. The summed E-state index contributed by atoms with van der Waals surface area (Å²) < 4.78 is 1.70. The fraction of sp³-hybridized carbons (Fsp3) is 0.133. The minimum absolute atomic E-state index is 0.0485. The highest BCUT2D eigenvalue weighted by atomic mass is 79.9. The summed E-state index contributed by atoms with van der Waals surface area (Å²) in [6.45, 7) is 0.480. The van der Waals surface area contributed by atoms with Crippen LogP contribution in [0.1, 0.15) is 15.9 Å². The molecule has 0 aliphatic carbocycles. The molecule has 0 bridgehead atoms. The molecular weight excluding hydrogens is 384 g/mol. The number of hydrogen-bond acceptors (Lipinski definition) is 2. The molecule has 104 valence electrons. The van der Waals surface area contributed by atoms with Crippen molar-refractivity contribution in [1.82, 2.24) is 4.90 Å². The number of carbonyl (C=O) groups is 1. The van der Waals surface area contributed by atoms with Gasteiger partial charge in [0.15, 0.2) is 0 Å². The lowest BCUT2D eigenvalue weighted by molar-refractivity contribution is 0.0784. The molecule has 3 nitrogen and oxygen atoms in total. The van der Waals surface area contributed by atoms with Gasteiger partial charge in [-0.1, -0.05) is 34.1 Å². The Morgan fingerprint density at radius 2 is 1.90 bits per heavy atom. The van der Waals surface area contributed by atoms with E-state index in [4.69, 9.17) is 5.73 Å². The molecule has 1 amide bonds. The first-order valence-corrected chi connectivity index (χ1v) is 7.61. The first-order valence-electron chi connectivity index (χ1n) is 6.03. The Kier molecular flexibility index (Phi) is 4.83. The number of nitrogens with two attached hydrogens (primary N) is 1. The van der Waals surface area contributed by atoms with Crippen LogP contribution in [0.2, 0.25) is 0 Å². The van der Waals surface area contributed by atoms with Gasteiger partial charge in [-0.2, -0.15) is 0 Å². The highest BCUT2D eigenvalue weighted by Gasteiger charge is 2.15. The van der Waals surface area contributed by atoms with Gasteiger partial charge >= 0.3 is 0 Å². The van der Waals surface area contributed by atoms with Crippen molar-refractivity contribution in [2.45, 2.75) is 6.54 Å². The van der Waals surface area contributed by atoms with Crippen LogP contribution >= 0.6 is 31.9 Å². The number of carbonyl (C=O) groups excluding carboxylic acids is 1. The lowest BCUT2D eigenvalue weighted by atomic mass is 10.1. The molecule has 0 fully saturated rings. The SMILES string of the molecule is CN(Cc1ccccc1N)C(=O)c1ccc(Br)cc1Br. The molecule has 0 aliphatic heterocycles. The molecular formula is C15H14Br2N2O. The quantitative estimate of drug-likeness (QED) is 0.793. The van der Waals surface area contributed by atoms with E-state index in [1.165, 1.54) is 0 Å². The Hall–Kier alpha value is -1.33. The minimum atomic E-state index is -0.0485. The summed E-state index contributed by atoms with van der Waals surface area (Å²) in [6.07, 6.45) is 0. The second-order valence-electron chi connectivity index (χ2n) is 4.48. The molecule has 2 N–H and O–H groups in total. The van der Waals surface area contributed by atoms with E-state index in [2.05, 4.69) is 31.9 Å². The molecule has 2 aromatic rings. The van der Waals surface area contributed by atoms with Crippen LogP contribution in [0.5, 0.6) is 0 Å². The normalized spacial score (nSPS) is 10.3. The number of amides is 1. The molecule has 0 saturated heterocycles. The average molecular weight is 398 g/mol. The van der Waals surface area contributed by atoms with Crippen molar-refractivity contribution < 1.29 is 4.79 Å². The smallest absolute Gasteiger partial charge is 0.255 e. The van der Waals surface area contributed by atoms with E-state index >= 15 is 0 Å². The topological polar surface area (TPSA) is 46.3 Å². The predicted octanol–water partition coefficient (Wildman–Crippen LogP) is 4.07. The number of halogens is 2. The maximum Gasteiger partial charge on any atom is 0.255 e. The van der Waals surface area contributed by atoms with Crippen LogP contribution < -0.4 is 5.73 Å². The largest absolute Gasteiger partial charge is 0.398 e. The van der Waals surface area contributed by atoms with E-state index < -0.39 is 0 Å². The maximum atomic E-state index is 12.4. The van der Waals surface area contributed by atoms with Crippen LogP contribution in [0.4, 0.5) is 5.69 Å². The van der Waals surface area contributed by atoms with Crippen molar-refractivity contribution in [2.75, 3.05) is 12.8 Å². The van der Waals surface area contributed by atoms with E-state index in [9.17, 15) is 4.79 Å². The van der Waals surface area contributed by atoms with Crippen LogP contribution in [0.3, 0.4) is 0 Å². The predicted molar refractivity (Wildman–Crippen MR) is 88.5 cm³/mol. The average Bonchev–Trinajstić information content (AvgIpc) is 2.40. The lowest BCUT2D eigenvalue weighted by Gasteiger charge is -2.19. The van der Waals surface area contributed by atoms with Crippen LogP contribution in [0.25, 0.3) is 0 Å². The summed E-state index contributed by atoms with van der Waals surface area (Å²) in [4.78, 5) is 14.1. The molecule has 20 heavy (non-hydrogen) atoms. The molecule has 5 heteroatoms. The van der Waals surface area contributed by atoms with Gasteiger partial charge in [-0.15, -0.1) is 0 Å². The molecule has 2 aromatic carbocycles. The van der Waals surface area contributed by atoms with Crippen LogP contribution in [0, 0.1) is 0 Å². The number of nitrogens with zero attached hydrogens (tertiary/aromatic N) is 1. The summed E-state index contributed by atoms with van der Waals surface area (Å²) >= 11 is 6.79. The van der Waals surface area contributed by atoms with Gasteiger partial charge in [0, 0.05) is 28.2 Å². The zero-order valence-corrected chi connectivity index (χ0v) is 14.1. The molecule has 0 aromatic heterocycles. The maximum absolute atomic E-state index is 12.4. The van der Waals surface area contributed by atoms with Gasteiger partial charge in [0.2, 0.25) is 0 Å². The zero-order chi connectivity index (χ0) is 14.7. The van der Waals surface area contributed by atoms with Crippen molar-refractivity contribution >= 4 is 43.5 Å². The Labute approximate surface area is 135 Å². The van der Waals surface area contributed by atoms with Crippen molar-refractivity contribution in [2.24, 2.45) is 0 Å². The fourth-order valence-corrected chi connectivity index (χ4v) is 3.09. The summed E-state index contributed by atoms with van der Waals surface area (Å²) in [5.74, 6) is -0.0485. The van der Waals surface area contributed by atoms with Gasteiger partial charge in [0.05, 0.1) is 5.56 Å². The van der Waals surface area contributed by atoms with Gasteiger partial charge in [-0.05, 0) is 45.8 Å². The van der Waals surface area contributed by atoms with Gasteiger partial charge in [0.1, 0.15) is 0 Å². The molecule has 0 saturated carbocycles. The third-order valence-corrected chi connectivity index (χ3v) is 4.12. The van der Waals surface area contributed by atoms with Crippen molar-refractivity contribution in [3.05, 3.63) is 62.5 Å². The van der Waals surface area contributed by atoms with E-state index in [0.717, 1.165) is 14.5 Å². The molecule has 0 aliphatic rings. The van der Waals surface area contributed by atoms with Gasteiger partial charge in [-0.3, -0.25) is 4.79 Å². The second-order valence-corrected chi connectivity index (χ2v) is 6.25. The van der Waals surface area contributed by atoms with Crippen molar-refractivity contribution in [3.63, 3.8) is 0 Å². The third-order valence-electron chi connectivity index (χ3n) is 2.97. The first kappa shape index (κ1) is 15.1. The van der Waals surface area contributed by atoms with E-state index in [0.29, 0.717) is 17.8 Å². The summed E-state index contributed by atoms with van der Waals surface area (Å²) in [7, 11) is 1.77. The summed E-state index contributed by atoms with van der Waals surface area (Å²) in [6, 6.07) is 13.1. The highest BCUT2D eigenvalue weighted by Crippen LogP contribution is 2.23. The Balaban J connectivity index is 2.19. The van der Waals surface area contributed by atoms with Crippen LogP contribution in [-0.4, -0.2) is 17.9 Å². The molecule has 0 unspecified atom stereocenters. The van der Waals surface area contributed by atoms with Gasteiger partial charge < -0.3 is 10.6 Å². The van der Waals surface area contributed by atoms with Gasteiger partial charge in [-0.25, -0.2) is 0 Å². The van der Waals surface area contributed by atoms with Crippen LogP contribution in [0.15, 0.2) is 51.4 Å². The molecule has 0 spiro atoms. The van der Waals surface area contributed by atoms with Crippen molar-refractivity contribution in [1.29, 1.82) is 0 Å². The standard InChI is InChI=1S/C15H14Br2N2O/c1-19(9-10-4-2-3-5-14(10)18)15(20)12-7-6-11(16)8-13(12)17/h2-8H,9,18H2,1H3. The Bertz CT molecular complexity index is 644. The summed E-state index contributed by atoms with van der Waals surface area (Å²) in [5.41, 5.74) is 8.17. The number of hydrogen-bond donors (Lipinski definition) is 1. The Morgan fingerprint density at radius 3 is 2.55 bits per heavy atom. The first-order chi connectivity index (χ1) is 9.49. The molecule has 0 heterocycles. The van der Waals surface area contributed by atoms with Crippen LogP contribution in [-0.2, 0) is 6.54 Å². The molecule has 2 rings (SSSR count). The number of para-hydroxylation sites is 1.